The molecule has 2 N–H and O–H groups in total. The molecule has 2 aromatic rings. The summed E-state index contributed by atoms with van der Waals surface area (Å²) in [6.45, 7) is 5.07. The van der Waals surface area contributed by atoms with Crippen LogP contribution in [0.4, 0.5) is 0 Å². The third-order valence-corrected chi connectivity index (χ3v) is 3.71. The zero-order chi connectivity index (χ0) is 18.2. The first kappa shape index (κ1) is 18.5. The standard InChI is InChI=1S/C20H24N2O3/c1-14(2)12-21-19(23)15-8-10-16(11-9-15)20(24)22-13-17-6-4-5-7-18(17)25-3/h4-11,14H,12-13H2,1-3H3,(H,21,23)(H,22,24). The number of nitrogens with one attached hydrogen (secondary N) is 2. The topological polar surface area (TPSA) is 67.4 Å². The van der Waals surface area contributed by atoms with Crippen LogP contribution in [0.3, 0.4) is 0 Å². The normalized spacial score (nSPS) is 10.4. The van der Waals surface area contributed by atoms with E-state index in [0.717, 1.165) is 11.3 Å². The van der Waals surface area contributed by atoms with Crippen molar-refractivity contribution >= 4 is 11.8 Å². The largest absolute Gasteiger partial charge is 0.496 e. The quantitative estimate of drug-likeness (QED) is 0.814. The molecule has 0 radical (unpaired) electrons. The monoisotopic (exact) mass is 340 g/mol. The van der Waals surface area contributed by atoms with Gasteiger partial charge in [0, 0.05) is 29.8 Å². The molecule has 0 unspecified atom stereocenters. The molecule has 5 heteroatoms. The van der Waals surface area contributed by atoms with E-state index in [9.17, 15) is 9.59 Å². The predicted molar refractivity (Wildman–Crippen MR) is 97.8 cm³/mol. The van der Waals surface area contributed by atoms with Gasteiger partial charge in [-0.2, -0.15) is 0 Å². The number of rotatable bonds is 7. The van der Waals surface area contributed by atoms with Crippen molar-refractivity contribution in [3.63, 3.8) is 0 Å². The molecule has 0 aliphatic heterocycles. The lowest BCUT2D eigenvalue weighted by molar-refractivity contribution is 0.0938. The summed E-state index contributed by atoms with van der Waals surface area (Å²) in [6, 6.07) is 14.2. The van der Waals surface area contributed by atoms with Crippen molar-refractivity contribution in [2.75, 3.05) is 13.7 Å². The Balaban J connectivity index is 1.95. The average molecular weight is 340 g/mol. The van der Waals surface area contributed by atoms with E-state index in [1.54, 1.807) is 31.4 Å². The van der Waals surface area contributed by atoms with Crippen molar-refractivity contribution in [2.24, 2.45) is 5.92 Å². The number of para-hydroxylation sites is 1. The summed E-state index contributed by atoms with van der Waals surface area (Å²) in [6.07, 6.45) is 0. The van der Waals surface area contributed by atoms with Crippen LogP contribution in [0.2, 0.25) is 0 Å². The summed E-state index contributed by atoms with van der Waals surface area (Å²) in [5, 5.41) is 5.71. The van der Waals surface area contributed by atoms with Crippen LogP contribution in [-0.4, -0.2) is 25.5 Å². The van der Waals surface area contributed by atoms with Crippen molar-refractivity contribution in [2.45, 2.75) is 20.4 Å². The molecule has 0 heterocycles. The van der Waals surface area contributed by atoms with Gasteiger partial charge in [-0.15, -0.1) is 0 Å². The van der Waals surface area contributed by atoms with E-state index >= 15 is 0 Å². The Labute approximate surface area is 148 Å². The highest BCUT2D eigenvalue weighted by atomic mass is 16.5. The molecule has 25 heavy (non-hydrogen) atoms. The third-order valence-electron chi connectivity index (χ3n) is 3.71. The Bertz CT molecular complexity index is 724. The maximum absolute atomic E-state index is 12.3. The summed E-state index contributed by atoms with van der Waals surface area (Å²) in [5.41, 5.74) is 1.96. The van der Waals surface area contributed by atoms with E-state index in [1.807, 2.05) is 38.1 Å². The van der Waals surface area contributed by atoms with Crippen molar-refractivity contribution in [1.82, 2.24) is 10.6 Å². The number of hydrogen-bond donors (Lipinski definition) is 2. The fourth-order valence-corrected chi connectivity index (χ4v) is 2.30. The van der Waals surface area contributed by atoms with Crippen LogP contribution in [0.1, 0.15) is 40.1 Å². The number of ether oxygens (including phenoxy) is 1. The first-order valence-electron chi connectivity index (χ1n) is 8.29. The van der Waals surface area contributed by atoms with Crippen LogP contribution in [0.5, 0.6) is 5.75 Å². The van der Waals surface area contributed by atoms with Gasteiger partial charge in [0.15, 0.2) is 0 Å². The summed E-state index contributed by atoms with van der Waals surface area (Å²) in [7, 11) is 1.60. The molecule has 2 amide bonds. The van der Waals surface area contributed by atoms with Crippen LogP contribution in [-0.2, 0) is 6.54 Å². The van der Waals surface area contributed by atoms with E-state index in [1.165, 1.54) is 0 Å². The molecule has 5 nitrogen and oxygen atoms in total. The molecular weight excluding hydrogens is 316 g/mol. The number of methoxy groups -OCH3 is 1. The van der Waals surface area contributed by atoms with Gasteiger partial charge in [-0.3, -0.25) is 9.59 Å². The lowest BCUT2D eigenvalue weighted by Gasteiger charge is -2.10. The first-order chi connectivity index (χ1) is 12.0. The van der Waals surface area contributed by atoms with E-state index in [4.69, 9.17) is 4.74 Å². The second kappa shape index (κ2) is 8.87. The van der Waals surface area contributed by atoms with Gasteiger partial charge in [0.1, 0.15) is 5.75 Å². The Morgan fingerprint density at radius 3 is 2.04 bits per heavy atom. The molecule has 0 saturated carbocycles. The van der Waals surface area contributed by atoms with Crippen LogP contribution in [0.15, 0.2) is 48.5 Å². The van der Waals surface area contributed by atoms with E-state index in [0.29, 0.717) is 30.1 Å². The average Bonchev–Trinajstić information content (AvgIpc) is 2.64. The molecule has 2 aromatic carbocycles. The minimum atomic E-state index is -0.194. The van der Waals surface area contributed by atoms with Crippen LogP contribution in [0.25, 0.3) is 0 Å². The van der Waals surface area contributed by atoms with Gasteiger partial charge in [0.2, 0.25) is 0 Å². The van der Waals surface area contributed by atoms with Crippen molar-refractivity contribution in [3.8, 4) is 5.75 Å². The van der Waals surface area contributed by atoms with Gasteiger partial charge >= 0.3 is 0 Å². The molecule has 0 bridgehead atoms. The van der Waals surface area contributed by atoms with E-state index < -0.39 is 0 Å². The number of carbonyl (C=O) groups excluding carboxylic acids is 2. The van der Waals surface area contributed by atoms with Gasteiger partial charge in [0.25, 0.3) is 11.8 Å². The second-order valence-corrected chi connectivity index (χ2v) is 6.18. The molecule has 0 atom stereocenters. The SMILES string of the molecule is COc1ccccc1CNC(=O)c1ccc(C(=O)NCC(C)C)cc1. The molecule has 0 spiro atoms. The van der Waals surface area contributed by atoms with Gasteiger partial charge in [0.05, 0.1) is 7.11 Å². The van der Waals surface area contributed by atoms with Gasteiger partial charge in [-0.1, -0.05) is 32.0 Å². The molecule has 0 fully saturated rings. The van der Waals surface area contributed by atoms with Gasteiger partial charge in [-0.05, 0) is 36.2 Å². The minimum absolute atomic E-state index is 0.130. The van der Waals surface area contributed by atoms with Crippen LogP contribution in [0, 0.1) is 5.92 Å². The number of carbonyl (C=O) groups is 2. The number of hydrogen-bond acceptors (Lipinski definition) is 3. The van der Waals surface area contributed by atoms with E-state index in [-0.39, 0.29) is 11.8 Å². The minimum Gasteiger partial charge on any atom is -0.496 e. The highest BCUT2D eigenvalue weighted by Crippen LogP contribution is 2.17. The van der Waals surface area contributed by atoms with Crippen LogP contribution < -0.4 is 15.4 Å². The summed E-state index contributed by atoms with van der Waals surface area (Å²) in [4.78, 5) is 24.2. The fourth-order valence-electron chi connectivity index (χ4n) is 2.30. The Morgan fingerprint density at radius 2 is 1.48 bits per heavy atom. The molecule has 0 aromatic heterocycles. The third kappa shape index (κ3) is 5.35. The Hall–Kier alpha value is -2.82. The highest BCUT2D eigenvalue weighted by Gasteiger charge is 2.10. The highest BCUT2D eigenvalue weighted by molar-refractivity contribution is 5.97. The molecule has 0 aliphatic rings. The number of amides is 2. The Morgan fingerprint density at radius 1 is 0.920 bits per heavy atom. The fraction of sp³-hybridized carbons (Fsp3) is 0.300. The lowest BCUT2D eigenvalue weighted by Crippen LogP contribution is -2.27. The molecule has 2 rings (SSSR count). The lowest BCUT2D eigenvalue weighted by atomic mass is 10.1. The molecule has 132 valence electrons. The van der Waals surface area contributed by atoms with Crippen molar-refractivity contribution < 1.29 is 14.3 Å². The first-order valence-corrected chi connectivity index (χ1v) is 8.29. The predicted octanol–water partition coefficient (Wildman–Crippen LogP) is 3.01. The molecular formula is C20H24N2O3. The van der Waals surface area contributed by atoms with Crippen LogP contribution >= 0.6 is 0 Å². The summed E-state index contributed by atoms with van der Waals surface area (Å²) >= 11 is 0. The summed E-state index contributed by atoms with van der Waals surface area (Å²) in [5.74, 6) is 0.804. The maximum Gasteiger partial charge on any atom is 0.251 e. The Kier molecular flexibility index (Phi) is 6.57. The van der Waals surface area contributed by atoms with E-state index in [2.05, 4.69) is 10.6 Å². The van der Waals surface area contributed by atoms with Crippen molar-refractivity contribution in [1.29, 1.82) is 0 Å². The number of benzene rings is 2. The second-order valence-electron chi connectivity index (χ2n) is 6.18. The maximum atomic E-state index is 12.3. The zero-order valence-electron chi connectivity index (χ0n) is 14.8. The zero-order valence-corrected chi connectivity index (χ0v) is 14.8. The van der Waals surface area contributed by atoms with Gasteiger partial charge in [-0.25, -0.2) is 0 Å². The summed E-state index contributed by atoms with van der Waals surface area (Å²) < 4.78 is 5.27. The molecule has 0 saturated heterocycles. The van der Waals surface area contributed by atoms with Crippen molar-refractivity contribution in [3.05, 3.63) is 65.2 Å². The molecule has 0 aliphatic carbocycles. The smallest absolute Gasteiger partial charge is 0.251 e. The van der Waals surface area contributed by atoms with Gasteiger partial charge < -0.3 is 15.4 Å².